The van der Waals surface area contributed by atoms with Crippen LogP contribution in [0.3, 0.4) is 0 Å². The highest BCUT2D eigenvalue weighted by molar-refractivity contribution is 5.92. The number of amides is 1. The first-order valence-corrected chi connectivity index (χ1v) is 13.4. The van der Waals surface area contributed by atoms with Crippen molar-refractivity contribution in [3.05, 3.63) is 57.8 Å². The maximum Gasteiger partial charge on any atom is 0.257 e. The van der Waals surface area contributed by atoms with Crippen molar-refractivity contribution in [3.63, 3.8) is 0 Å². The number of ether oxygens (including phenoxy) is 4. The third kappa shape index (κ3) is 7.15. The van der Waals surface area contributed by atoms with Gasteiger partial charge in [-0.25, -0.2) is 0 Å². The number of benzene rings is 2. The summed E-state index contributed by atoms with van der Waals surface area (Å²) in [7, 11) is 4.48. The van der Waals surface area contributed by atoms with Gasteiger partial charge in [0.15, 0.2) is 12.4 Å². The molecule has 0 fully saturated rings. The second kappa shape index (κ2) is 14.4. The molecule has 3 rings (SSSR count). The number of likely N-dealkylation sites (N-methyl/N-ethyl adjacent to an activating group) is 1. The molecule has 0 saturated carbocycles. The fourth-order valence-corrected chi connectivity index (χ4v) is 4.34. The van der Waals surface area contributed by atoms with Crippen molar-refractivity contribution >= 4 is 16.9 Å². The quantitative estimate of drug-likeness (QED) is 0.284. The van der Waals surface area contributed by atoms with E-state index in [-0.39, 0.29) is 40.6 Å². The van der Waals surface area contributed by atoms with Crippen molar-refractivity contribution in [2.75, 3.05) is 54.1 Å². The van der Waals surface area contributed by atoms with Gasteiger partial charge in [0.05, 0.1) is 21.3 Å². The minimum absolute atomic E-state index is 0.0605. The predicted octanol–water partition coefficient (Wildman–Crippen LogP) is 4.83. The lowest BCUT2D eigenvalue weighted by molar-refractivity contribution is -0.123. The molecule has 2 aromatic carbocycles. The molecule has 0 saturated heterocycles. The van der Waals surface area contributed by atoms with E-state index in [0.717, 1.165) is 25.2 Å². The van der Waals surface area contributed by atoms with Crippen molar-refractivity contribution in [3.8, 4) is 34.3 Å². The van der Waals surface area contributed by atoms with E-state index in [4.69, 9.17) is 23.4 Å². The number of hydrogen-bond acceptors (Lipinski definition) is 8. The monoisotopic (exact) mass is 552 g/mol. The van der Waals surface area contributed by atoms with Gasteiger partial charge in [-0.15, -0.1) is 0 Å². The van der Waals surface area contributed by atoms with E-state index >= 15 is 0 Å². The molecule has 0 unspecified atom stereocenters. The molecule has 0 aliphatic heterocycles. The molecule has 40 heavy (non-hydrogen) atoms. The zero-order chi connectivity index (χ0) is 29.2. The van der Waals surface area contributed by atoms with Crippen LogP contribution in [0.4, 0.5) is 0 Å². The number of nitrogens with one attached hydrogen (secondary N) is 1. The molecule has 9 heteroatoms. The van der Waals surface area contributed by atoms with E-state index in [0.29, 0.717) is 41.2 Å². The normalized spacial score (nSPS) is 10.9. The van der Waals surface area contributed by atoms with Crippen LogP contribution in [0.1, 0.15) is 33.3 Å². The van der Waals surface area contributed by atoms with Gasteiger partial charge in [-0.05, 0) is 57.6 Å². The maximum atomic E-state index is 13.7. The van der Waals surface area contributed by atoms with E-state index < -0.39 is 0 Å². The molecule has 1 heterocycles. The van der Waals surface area contributed by atoms with Gasteiger partial charge in [0.1, 0.15) is 28.2 Å². The molecule has 3 aromatic rings. The number of nitrogens with zero attached hydrogens (tertiary/aromatic N) is 1. The molecular weight excluding hydrogens is 512 g/mol. The molecule has 0 bridgehead atoms. The summed E-state index contributed by atoms with van der Waals surface area (Å²) in [5.41, 5.74) is 2.29. The summed E-state index contributed by atoms with van der Waals surface area (Å²) in [4.78, 5) is 28.6. The fraction of sp³-hybridized carbons (Fsp3) is 0.419. The summed E-state index contributed by atoms with van der Waals surface area (Å²) in [6, 6.07) is 8.77. The summed E-state index contributed by atoms with van der Waals surface area (Å²) in [5.74, 6) is 1.42. The number of rotatable bonds is 14. The molecule has 0 aliphatic rings. The Bertz CT molecular complexity index is 1390. The summed E-state index contributed by atoms with van der Waals surface area (Å²) >= 11 is 0. The van der Waals surface area contributed by atoms with E-state index in [9.17, 15) is 9.59 Å². The molecule has 1 aromatic heterocycles. The van der Waals surface area contributed by atoms with Crippen molar-refractivity contribution in [1.29, 1.82) is 0 Å². The lowest BCUT2D eigenvalue weighted by atomic mass is 10.0. The molecule has 1 N–H and O–H groups in total. The predicted molar refractivity (Wildman–Crippen MR) is 157 cm³/mol. The van der Waals surface area contributed by atoms with Gasteiger partial charge >= 0.3 is 0 Å². The Morgan fingerprint density at radius 2 is 1.70 bits per heavy atom. The Hall–Kier alpha value is -3.98. The first-order chi connectivity index (χ1) is 19.3. The largest absolute Gasteiger partial charge is 0.497 e. The Kier molecular flexibility index (Phi) is 11.0. The van der Waals surface area contributed by atoms with Crippen molar-refractivity contribution in [2.45, 2.75) is 34.1 Å². The molecular formula is C31H40N2O7. The second-order valence-corrected chi connectivity index (χ2v) is 9.43. The van der Waals surface area contributed by atoms with Crippen LogP contribution in [0.5, 0.6) is 23.0 Å². The highest BCUT2D eigenvalue weighted by Gasteiger charge is 2.25. The first-order valence-electron chi connectivity index (χ1n) is 13.4. The lowest BCUT2D eigenvalue weighted by Crippen LogP contribution is -2.36. The van der Waals surface area contributed by atoms with Gasteiger partial charge < -0.3 is 33.6 Å². The molecule has 0 radical (unpaired) electrons. The van der Waals surface area contributed by atoms with Crippen molar-refractivity contribution in [1.82, 2.24) is 10.2 Å². The second-order valence-electron chi connectivity index (χ2n) is 9.43. The number of allylic oxidation sites excluding steroid dienone is 2. The Morgan fingerprint density at radius 1 is 1.00 bits per heavy atom. The Balaban J connectivity index is 2.10. The average molecular weight is 553 g/mol. The van der Waals surface area contributed by atoms with Crippen LogP contribution < -0.4 is 29.7 Å². The molecule has 216 valence electrons. The molecule has 0 aliphatic carbocycles. The number of methoxy groups -OCH3 is 3. The minimum Gasteiger partial charge on any atom is -0.497 e. The van der Waals surface area contributed by atoms with E-state index in [1.165, 1.54) is 14.2 Å². The zero-order valence-electron chi connectivity index (χ0n) is 24.5. The van der Waals surface area contributed by atoms with Crippen molar-refractivity contribution < 1.29 is 28.2 Å². The van der Waals surface area contributed by atoms with Gasteiger partial charge in [0, 0.05) is 30.3 Å². The Morgan fingerprint density at radius 3 is 2.27 bits per heavy atom. The van der Waals surface area contributed by atoms with Gasteiger partial charge in [0.25, 0.3) is 5.91 Å². The van der Waals surface area contributed by atoms with Crippen LogP contribution in [0.15, 0.2) is 51.2 Å². The van der Waals surface area contributed by atoms with Gasteiger partial charge in [-0.3, -0.25) is 9.59 Å². The number of carbonyl (C=O) groups excluding carboxylic acids is 1. The Labute approximate surface area is 235 Å². The van der Waals surface area contributed by atoms with Gasteiger partial charge in [-0.1, -0.05) is 25.5 Å². The topological polar surface area (TPSA) is 99.5 Å². The summed E-state index contributed by atoms with van der Waals surface area (Å²) in [5, 5.41) is 3.14. The van der Waals surface area contributed by atoms with E-state index in [1.807, 2.05) is 19.9 Å². The number of carbonyl (C=O) groups is 1. The zero-order valence-corrected chi connectivity index (χ0v) is 24.5. The van der Waals surface area contributed by atoms with Gasteiger partial charge in [-0.2, -0.15) is 0 Å². The summed E-state index contributed by atoms with van der Waals surface area (Å²) < 4.78 is 28.8. The van der Waals surface area contributed by atoms with Crippen LogP contribution in [0.2, 0.25) is 0 Å². The van der Waals surface area contributed by atoms with Crippen molar-refractivity contribution in [2.24, 2.45) is 0 Å². The molecule has 1 amide bonds. The summed E-state index contributed by atoms with van der Waals surface area (Å²) in [6.45, 7) is 11.1. The number of hydrogen-bond donors (Lipinski definition) is 1. The highest BCUT2D eigenvalue weighted by Crippen LogP contribution is 2.40. The molecule has 0 atom stereocenters. The van der Waals surface area contributed by atoms with Crippen LogP contribution in [-0.2, 0) is 11.2 Å². The SMILES string of the molecule is CCN(CC)CCNC(=O)COc1cc(OC)c2c(=O)c(OC)c(-c3ccc(OC)cc3)oc2c1CC=C(C)C. The van der Waals surface area contributed by atoms with Crippen LogP contribution >= 0.6 is 0 Å². The molecule has 0 spiro atoms. The van der Waals surface area contributed by atoms with Gasteiger partial charge in [0.2, 0.25) is 11.2 Å². The minimum atomic E-state index is -0.370. The third-order valence-electron chi connectivity index (χ3n) is 6.64. The smallest absolute Gasteiger partial charge is 0.257 e. The van der Waals surface area contributed by atoms with Crippen LogP contribution in [-0.4, -0.2) is 64.9 Å². The fourth-order valence-electron chi connectivity index (χ4n) is 4.34. The lowest BCUT2D eigenvalue weighted by Gasteiger charge is -2.19. The maximum absolute atomic E-state index is 13.7. The van der Waals surface area contributed by atoms with E-state index in [2.05, 4.69) is 24.1 Å². The van der Waals surface area contributed by atoms with Crippen LogP contribution in [0.25, 0.3) is 22.3 Å². The summed E-state index contributed by atoms with van der Waals surface area (Å²) in [6.07, 6.45) is 2.43. The van der Waals surface area contributed by atoms with E-state index in [1.54, 1.807) is 37.4 Å². The standard InChI is InChI=1S/C31H40N2O7/c1-8-33(9-2)17-16-32-26(34)19-39-24-18-25(37-6)27-28(35)31(38-7)29(21-11-13-22(36-5)14-12-21)40-30(27)23(24)15-10-20(3)4/h10-14,18H,8-9,15-17,19H2,1-7H3,(H,32,34). The third-order valence-corrected chi connectivity index (χ3v) is 6.64. The number of fused-ring (bicyclic) bond motifs is 1. The average Bonchev–Trinajstić information content (AvgIpc) is 2.96. The van der Waals surface area contributed by atoms with Crippen LogP contribution in [0, 0.1) is 0 Å². The molecule has 9 nitrogen and oxygen atoms in total. The highest BCUT2D eigenvalue weighted by atomic mass is 16.5. The first kappa shape index (κ1) is 30.6.